The van der Waals surface area contributed by atoms with E-state index in [2.05, 4.69) is 30.9 Å². The summed E-state index contributed by atoms with van der Waals surface area (Å²) in [6, 6.07) is 5.68. The van der Waals surface area contributed by atoms with Crippen molar-refractivity contribution in [2.75, 3.05) is 31.1 Å². The summed E-state index contributed by atoms with van der Waals surface area (Å²) in [7, 11) is 0. The van der Waals surface area contributed by atoms with Gasteiger partial charge in [-0.2, -0.15) is 0 Å². The van der Waals surface area contributed by atoms with Crippen molar-refractivity contribution in [3.8, 4) is 0 Å². The Morgan fingerprint density at radius 1 is 1.07 bits per heavy atom. The highest BCUT2D eigenvalue weighted by Gasteiger charge is 2.17. The fraction of sp³-hybridized carbons (Fsp3) is 0.400. The maximum absolute atomic E-state index is 6.16. The molecule has 0 saturated carbocycles. The first-order valence-corrected chi connectivity index (χ1v) is 6.49. The van der Waals surface area contributed by atoms with Gasteiger partial charge in [-0.3, -0.25) is 0 Å². The van der Waals surface area contributed by atoms with Gasteiger partial charge in [0.1, 0.15) is 0 Å². The molecule has 5 heteroatoms. The van der Waals surface area contributed by atoms with Gasteiger partial charge in [0.15, 0.2) is 0 Å². The average Bonchev–Trinajstić information content (AvgIpc) is 2.20. The lowest BCUT2D eigenvalue weighted by atomic mass is 10.2. The number of benzene rings is 1. The zero-order valence-electron chi connectivity index (χ0n) is 8.09. The molecular weight excluding hydrogens is 346 g/mol. The highest BCUT2D eigenvalue weighted by Crippen LogP contribution is 2.29. The van der Waals surface area contributed by atoms with Crippen LogP contribution >= 0.6 is 46.1 Å². The summed E-state index contributed by atoms with van der Waals surface area (Å²) in [5.74, 6) is 0. The number of halogens is 3. The minimum atomic E-state index is 0.691. The molecule has 1 aromatic rings. The predicted octanol–water partition coefficient (Wildman–Crippen LogP) is 3.47. The van der Waals surface area contributed by atoms with Gasteiger partial charge in [-0.1, -0.05) is 23.2 Å². The van der Waals surface area contributed by atoms with E-state index >= 15 is 0 Å². The largest absolute Gasteiger partial charge is 0.368 e. The van der Waals surface area contributed by atoms with Crippen molar-refractivity contribution in [2.24, 2.45) is 0 Å². The Morgan fingerprint density at radius 2 is 1.73 bits per heavy atom. The van der Waals surface area contributed by atoms with Gasteiger partial charge < -0.3 is 4.90 Å². The van der Waals surface area contributed by atoms with Crippen LogP contribution in [0.25, 0.3) is 0 Å². The molecule has 1 fully saturated rings. The van der Waals surface area contributed by atoms with Crippen LogP contribution in [0, 0.1) is 0 Å². The molecular formula is C10H11Cl2IN2. The average molecular weight is 357 g/mol. The number of hydrogen-bond acceptors (Lipinski definition) is 2. The fourth-order valence-electron chi connectivity index (χ4n) is 1.66. The first-order chi connectivity index (χ1) is 7.16. The molecule has 1 aliphatic rings. The van der Waals surface area contributed by atoms with Crippen LogP contribution in [0.5, 0.6) is 0 Å². The Balaban J connectivity index is 2.15. The van der Waals surface area contributed by atoms with Crippen molar-refractivity contribution in [1.29, 1.82) is 0 Å². The summed E-state index contributed by atoms with van der Waals surface area (Å²) in [6.45, 7) is 4.17. The predicted molar refractivity (Wildman–Crippen MR) is 74.3 cm³/mol. The summed E-state index contributed by atoms with van der Waals surface area (Å²) in [5.41, 5.74) is 1.09. The number of anilines is 1. The van der Waals surface area contributed by atoms with Gasteiger partial charge in [0.05, 0.1) is 10.7 Å². The Bertz CT molecular complexity index is 351. The van der Waals surface area contributed by atoms with Crippen LogP contribution in [0.1, 0.15) is 0 Å². The smallest absolute Gasteiger partial charge is 0.0654 e. The summed E-state index contributed by atoms with van der Waals surface area (Å²) < 4.78 is 2.29. The van der Waals surface area contributed by atoms with Gasteiger partial charge in [-0.05, 0) is 18.2 Å². The highest BCUT2D eigenvalue weighted by atomic mass is 127. The Hall–Kier alpha value is 0.290. The Morgan fingerprint density at radius 3 is 2.33 bits per heavy atom. The molecule has 15 heavy (non-hydrogen) atoms. The van der Waals surface area contributed by atoms with Crippen molar-refractivity contribution >= 4 is 51.8 Å². The molecule has 0 unspecified atom stereocenters. The molecule has 1 aliphatic heterocycles. The van der Waals surface area contributed by atoms with Crippen LogP contribution in [0.2, 0.25) is 10.0 Å². The zero-order valence-corrected chi connectivity index (χ0v) is 11.8. The minimum Gasteiger partial charge on any atom is -0.368 e. The van der Waals surface area contributed by atoms with Crippen molar-refractivity contribution in [2.45, 2.75) is 0 Å². The first kappa shape index (κ1) is 11.8. The lowest BCUT2D eigenvalue weighted by molar-refractivity contribution is 0.460. The van der Waals surface area contributed by atoms with Crippen molar-refractivity contribution in [3.63, 3.8) is 0 Å². The lowest BCUT2D eigenvalue weighted by Gasteiger charge is -2.33. The van der Waals surface area contributed by atoms with Gasteiger partial charge in [0.2, 0.25) is 0 Å². The molecule has 0 N–H and O–H groups in total. The SMILES string of the molecule is Clc1ccc(N2CCN(I)CC2)c(Cl)c1. The van der Waals surface area contributed by atoms with E-state index in [4.69, 9.17) is 23.2 Å². The van der Waals surface area contributed by atoms with E-state index in [1.807, 2.05) is 12.1 Å². The summed E-state index contributed by atoms with van der Waals surface area (Å²) in [4.78, 5) is 2.30. The maximum atomic E-state index is 6.16. The number of rotatable bonds is 1. The van der Waals surface area contributed by atoms with Gasteiger partial charge >= 0.3 is 0 Å². The molecule has 2 nitrogen and oxygen atoms in total. The second-order valence-corrected chi connectivity index (χ2v) is 5.70. The van der Waals surface area contributed by atoms with Crippen LogP contribution in [0.15, 0.2) is 18.2 Å². The van der Waals surface area contributed by atoms with Crippen LogP contribution in [0.4, 0.5) is 5.69 Å². The molecule has 0 radical (unpaired) electrons. The van der Waals surface area contributed by atoms with Gasteiger partial charge in [-0.15, -0.1) is 0 Å². The second kappa shape index (κ2) is 5.08. The summed E-state index contributed by atoms with van der Waals surface area (Å²) in [6.07, 6.45) is 0. The quantitative estimate of drug-likeness (QED) is 0.561. The van der Waals surface area contributed by atoms with E-state index in [1.165, 1.54) is 0 Å². The van der Waals surface area contributed by atoms with E-state index in [0.717, 1.165) is 36.9 Å². The van der Waals surface area contributed by atoms with E-state index in [-0.39, 0.29) is 0 Å². The molecule has 0 spiro atoms. The fourth-order valence-corrected chi connectivity index (χ4v) is 2.62. The molecule has 0 bridgehead atoms. The third kappa shape index (κ3) is 2.90. The molecule has 0 atom stereocenters. The first-order valence-electron chi connectivity index (χ1n) is 4.77. The van der Waals surface area contributed by atoms with Gasteiger partial charge in [0.25, 0.3) is 0 Å². The molecule has 0 amide bonds. The minimum absolute atomic E-state index is 0.691. The number of nitrogens with zero attached hydrogens (tertiary/aromatic N) is 2. The summed E-state index contributed by atoms with van der Waals surface area (Å²) in [5, 5.41) is 1.43. The van der Waals surface area contributed by atoms with Crippen molar-refractivity contribution in [3.05, 3.63) is 28.2 Å². The Labute approximate surface area is 114 Å². The molecule has 1 aromatic carbocycles. The number of piperazine rings is 1. The van der Waals surface area contributed by atoms with E-state index < -0.39 is 0 Å². The number of hydrogen-bond donors (Lipinski definition) is 0. The zero-order chi connectivity index (χ0) is 10.8. The topological polar surface area (TPSA) is 6.48 Å². The Kier molecular flexibility index (Phi) is 3.98. The molecule has 82 valence electrons. The molecule has 1 heterocycles. The molecule has 1 saturated heterocycles. The third-order valence-electron chi connectivity index (χ3n) is 2.48. The molecule has 0 aliphatic carbocycles. The monoisotopic (exact) mass is 356 g/mol. The van der Waals surface area contributed by atoms with E-state index in [9.17, 15) is 0 Å². The van der Waals surface area contributed by atoms with Gasteiger partial charge in [0, 0.05) is 54.1 Å². The van der Waals surface area contributed by atoms with Crippen LogP contribution in [-0.2, 0) is 0 Å². The maximum Gasteiger partial charge on any atom is 0.0654 e. The van der Waals surface area contributed by atoms with Crippen LogP contribution < -0.4 is 4.90 Å². The van der Waals surface area contributed by atoms with Crippen LogP contribution in [-0.4, -0.2) is 29.3 Å². The third-order valence-corrected chi connectivity index (χ3v) is 3.98. The van der Waals surface area contributed by atoms with Gasteiger partial charge in [-0.25, -0.2) is 3.11 Å². The second-order valence-electron chi connectivity index (χ2n) is 3.49. The van der Waals surface area contributed by atoms with Crippen molar-refractivity contribution < 1.29 is 0 Å². The highest BCUT2D eigenvalue weighted by molar-refractivity contribution is 14.1. The standard InChI is InChI=1S/C10H11Cl2IN2/c11-8-1-2-10(9(12)7-8)14-3-5-15(13)6-4-14/h1-2,7H,3-6H2. The van der Waals surface area contributed by atoms with E-state index in [1.54, 1.807) is 6.07 Å². The molecule has 0 aromatic heterocycles. The summed E-state index contributed by atoms with van der Waals surface area (Å²) >= 11 is 14.4. The lowest BCUT2D eigenvalue weighted by Crippen LogP contribution is -2.42. The van der Waals surface area contributed by atoms with Crippen molar-refractivity contribution in [1.82, 2.24) is 3.11 Å². The normalized spacial score (nSPS) is 18.2. The van der Waals surface area contributed by atoms with E-state index in [0.29, 0.717) is 5.02 Å². The van der Waals surface area contributed by atoms with Crippen LogP contribution in [0.3, 0.4) is 0 Å². The molecule has 2 rings (SSSR count).